The van der Waals surface area contributed by atoms with Gasteiger partial charge in [0.05, 0.1) is 24.2 Å². The van der Waals surface area contributed by atoms with E-state index < -0.39 is 17.6 Å². The molecule has 0 aliphatic carbocycles. The highest BCUT2D eigenvalue weighted by Gasteiger charge is 2.24. The van der Waals surface area contributed by atoms with Gasteiger partial charge in [-0.3, -0.25) is 9.36 Å². The van der Waals surface area contributed by atoms with Gasteiger partial charge in [0.15, 0.2) is 5.82 Å². The Bertz CT molecular complexity index is 1580. The molecule has 208 valence electrons. The third-order valence-corrected chi connectivity index (χ3v) is 7.42. The Morgan fingerprint density at radius 1 is 0.975 bits per heavy atom. The highest BCUT2D eigenvalue weighted by Crippen LogP contribution is 2.26. The third-order valence-electron chi connectivity index (χ3n) is 7.42. The maximum atomic E-state index is 13.3. The fourth-order valence-corrected chi connectivity index (χ4v) is 5.33. The third kappa shape index (κ3) is 5.27. The Labute approximate surface area is 229 Å². The zero-order chi connectivity index (χ0) is 27.5. The second-order valence-electron chi connectivity index (χ2n) is 9.97. The summed E-state index contributed by atoms with van der Waals surface area (Å²) in [5.41, 5.74) is 3.04. The Kier molecular flexibility index (Phi) is 7.43. The van der Waals surface area contributed by atoms with Crippen molar-refractivity contribution in [2.24, 2.45) is 5.92 Å². The standard InChI is InChI=1S/C28H30N6O6/c35-25(29-15-23-20-6-2-1-5-19(20)11-14-39-23)26-31-24(32-40-26)16-30-27(36)34-22-8-4-3-7-21(22)33(28(34)37)17-18-9-12-38-13-10-18/h1-8,18,23H,9-17H2,(H,29,35)(H,30,36). The Morgan fingerprint density at radius 3 is 2.60 bits per heavy atom. The number of rotatable bonds is 7. The summed E-state index contributed by atoms with van der Waals surface area (Å²) in [6.45, 7) is 2.58. The van der Waals surface area contributed by atoms with Crippen LogP contribution in [0.1, 0.15) is 46.6 Å². The summed E-state index contributed by atoms with van der Waals surface area (Å²) in [5, 5.41) is 9.24. The molecular weight excluding hydrogens is 516 g/mol. The first-order valence-corrected chi connectivity index (χ1v) is 13.4. The molecule has 1 saturated heterocycles. The van der Waals surface area contributed by atoms with Crippen LogP contribution in [-0.4, -0.2) is 57.6 Å². The maximum absolute atomic E-state index is 13.3. The number of nitrogens with one attached hydrogen (secondary N) is 2. The molecule has 1 fully saturated rings. The van der Waals surface area contributed by atoms with Gasteiger partial charge in [-0.1, -0.05) is 41.6 Å². The number of ether oxygens (including phenoxy) is 2. The molecule has 0 saturated carbocycles. The molecule has 2 N–H and O–H groups in total. The number of aromatic nitrogens is 4. The van der Waals surface area contributed by atoms with Crippen molar-refractivity contribution in [2.45, 2.75) is 38.5 Å². The van der Waals surface area contributed by atoms with Crippen LogP contribution < -0.4 is 16.3 Å². The van der Waals surface area contributed by atoms with Crippen molar-refractivity contribution in [3.05, 3.63) is 81.9 Å². The lowest BCUT2D eigenvalue weighted by Crippen LogP contribution is -2.37. The monoisotopic (exact) mass is 546 g/mol. The molecule has 12 nitrogen and oxygen atoms in total. The van der Waals surface area contributed by atoms with E-state index in [0.29, 0.717) is 43.3 Å². The SMILES string of the molecule is O=C(NCC1OCCc2ccccc21)c1nc(CNC(=O)n2c(=O)n(CC3CCOCC3)c3ccccc32)no1. The number of carbonyl (C=O) groups is 2. The van der Waals surface area contributed by atoms with E-state index in [2.05, 4.69) is 26.8 Å². The molecule has 12 heteroatoms. The number of imidazole rings is 1. The summed E-state index contributed by atoms with van der Waals surface area (Å²) in [5.74, 6) is -0.350. The fraction of sp³-hybridized carbons (Fsp3) is 0.393. The van der Waals surface area contributed by atoms with E-state index in [1.54, 1.807) is 16.7 Å². The molecule has 2 aromatic carbocycles. The summed E-state index contributed by atoms with van der Waals surface area (Å²) in [6, 6.07) is 14.6. The van der Waals surface area contributed by atoms with Gasteiger partial charge in [-0.15, -0.1) is 0 Å². The maximum Gasteiger partial charge on any atom is 0.337 e. The minimum Gasteiger partial charge on any atom is -0.381 e. The minimum atomic E-state index is -0.615. The summed E-state index contributed by atoms with van der Waals surface area (Å²) in [7, 11) is 0. The van der Waals surface area contributed by atoms with Gasteiger partial charge in [0.25, 0.3) is 0 Å². The van der Waals surface area contributed by atoms with Gasteiger partial charge in [0.2, 0.25) is 0 Å². The summed E-state index contributed by atoms with van der Waals surface area (Å²) in [4.78, 5) is 43.1. The van der Waals surface area contributed by atoms with Crippen LogP contribution in [0.3, 0.4) is 0 Å². The first-order valence-electron chi connectivity index (χ1n) is 13.4. The number of fused-ring (bicyclic) bond motifs is 2. The number of carbonyl (C=O) groups excluding carboxylic acids is 2. The lowest BCUT2D eigenvalue weighted by molar-refractivity contribution is 0.0405. The number of benzene rings is 2. The second-order valence-corrected chi connectivity index (χ2v) is 9.97. The van der Waals surface area contributed by atoms with Crippen LogP contribution in [0, 0.1) is 5.92 Å². The predicted octanol–water partition coefficient (Wildman–Crippen LogP) is 2.41. The number of hydrogen-bond donors (Lipinski definition) is 2. The van der Waals surface area contributed by atoms with Crippen molar-refractivity contribution in [3.63, 3.8) is 0 Å². The summed E-state index contributed by atoms with van der Waals surface area (Å²) < 4.78 is 19.1. The van der Waals surface area contributed by atoms with Crippen LogP contribution >= 0.6 is 0 Å². The largest absolute Gasteiger partial charge is 0.381 e. The number of hydrogen-bond acceptors (Lipinski definition) is 8. The molecule has 0 spiro atoms. The van der Waals surface area contributed by atoms with E-state index >= 15 is 0 Å². The molecule has 1 atom stereocenters. The molecular formula is C28H30N6O6. The Hall–Kier alpha value is -4.29. The van der Waals surface area contributed by atoms with Gasteiger partial charge in [-0.2, -0.15) is 4.98 Å². The van der Waals surface area contributed by atoms with E-state index in [9.17, 15) is 14.4 Å². The number of nitrogens with zero attached hydrogens (tertiary/aromatic N) is 4. The zero-order valence-corrected chi connectivity index (χ0v) is 21.9. The van der Waals surface area contributed by atoms with E-state index in [4.69, 9.17) is 14.0 Å². The van der Waals surface area contributed by atoms with Crippen LogP contribution in [0.25, 0.3) is 11.0 Å². The predicted molar refractivity (Wildman–Crippen MR) is 143 cm³/mol. The van der Waals surface area contributed by atoms with E-state index in [1.807, 2.05) is 30.3 Å². The highest BCUT2D eigenvalue weighted by molar-refractivity contribution is 5.90. The van der Waals surface area contributed by atoms with Gasteiger partial charge < -0.3 is 24.6 Å². The van der Waals surface area contributed by atoms with Crippen molar-refractivity contribution in [1.82, 2.24) is 29.9 Å². The Balaban J connectivity index is 1.09. The van der Waals surface area contributed by atoms with E-state index in [1.165, 1.54) is 5.56 Å². The normalized spacial score (nSPS) is 17.4. The zero-order valence-electron chi connectivity index (χ0n) is 21.9. The lowest BCUT2D eigenvalue weighted by Gasteiger charge is -2.25. The molecule has 40 heavy (non-hydrogen) atoms. The average molecular weight is 547 g/mol. The first-order chi connectivity index (χ1) is 19.6. The van der Waals surface area contributed by atoms with Gasteiger partial charge >= 0.3 is 23.5 Å². The first kappa shape index (κ1) is 26.0. The molecule has 2 aliphatic heterocycles. The Morgan fingerprint density at radius 2 is 1.75 bits per heavy atom. The molecule has 0 radical (unpaired) electrons. The summed E-state index contributed by atoms with van der Waals surface area (Å²) >= 11 is 0. The fourth-order valence-electron chi connectivity index (χ4n) is 5.33. The number of amides is 2. The average Bonchev–Trinajstić information content (AvgIpc) is 3.58. The molecule has 6 rings (SSSR count). The van der Waals surface area contributed by atoms with Crippen LogP contribution in [0.5, 0.6) is 0 Å². The van der Waals surface area contributed by atoms with Gasteiger partial charge in [-0.05, 0) is 48.4 Å². The van der Waals surface area contributed by atoms with Gasteiger partial charge in [-0.25, -0.2) is 14.2 Å². The van der Waals surface area contributed by atoms with Crippen molar-refractivity contribution >= 4 is 23.0 Å². The van der Waals surface area contributed by atoms with Crippen molar-refractivity contribution in [2.75, 3.05) is 26.4 Å². The van der Waals surface area contributed by atoms with E-state index in [0.717, 1.165) is 29.4 Å². The van der Waals surface area contributed by atoms with Gasteiger partial charge in [0, 0.05) is 26.3 Å². The molecule has 2 aliphatic rings. The minimum absolute atomic E-state index is 0.108. The molecule has 2 amide bonds. The number of para-hydroxylation sites is 2. The highest BCUT2D eigenvalue weighted by atomic mass is 16.5. The molecule has 2 aromatic heterocycles. The van der Waals surface area contributed by atoms with Crippen LogP contribution in [0.4, 0.5) is 4.79 Å². The van der Waals surface area contributed by atoms with Crippen molar-refractivity contribution in [3.8, 4) is 0 Å². The van der Waals surface area contributed by atoms with E-state index in [-0.39, 0.29) is 30.9 Å². The van der Waals surface area contributed by atoms with Crippen LogP contribution in [0.15, 0.2) is 57.8 Å². The van der Waals surface area contributed by atoms with Crippen molar-refractivity contribution < 1.29 is 23.6 Å². The van der Waals surface area contributed by atoms with Crippen LogP contribution in [-0.2, 0) is 29.0 Å². The molecule has 4 aromatic rings. The molecule has 0 bridgehead atoms. The lowest BCUT2D eigenvalue weighted by atomic mass is 9.97. The smallest absolute Gasteiger partial charge is 0.337 e. The molecule has 4 heterocycles. The molecule has 1 unspecified atom stereocenters. The topological polar surface area (TPSA) is 143 Å². The second kappa shape index (κ2) is 11.4. The van der Waals surface area contributed by atoms with Crippen molar-refractivity contribution in [1.29, 1.82) is 0 Å². The summed E-state index contributed by atoms with van der Waals surface area (Å²) in [6.07, 6.45) is 2.31. The quantitative estimate of drug-likeness (QED) is 0.360. The van der Waals surface area contributed by atoms with Crippen LogP contribution in [0.2, 0.25) is 0 Å². The van der Waals surface area contributed by atoms with Gasteiger partial charge in [0.1, 0.15) is 6.10 Å².